The Bertz CT molecular complexity index is 727. The van der Waals surface area contributed by atoms with Gasteiger partial charge in [0.1, 0.15) is 12.4 Å². The summed E-state index contributed by atoms with van der Waals surface area (Å²) >= 11 is 0. The maximum absolute atomic E-state index is 12.8. The molecule has 4 rings (SSSR count). The number of rotatable bonds is 3. The predicted molar refractivity (Wildman–Crippen MR) is 96.6 cm³/mol. The molecule has 0 unspecified atom stereocenters. The summed E-state index contributed by atoms with van der Waals surface area (Å²) in [4.78, 5) is 19.0. The number of amides is 1. The molecule has 130 valence electrons. The predicted octanol–water partition coefficient (Wildman–Crippen LogP) is 2.74. The maximum atomic E-state index is 12.8. The third kappa shape index (κ3) is 3.60. The molecule has 3 heterocycles. The van der Waals surface area contributed by atoms with Crippen LogP contribution in [0.15, 0.2) is 48.8 Å². The molecule has 1 aromatic heterocycles. The molecule has 5 heteroatoms. The van der Waals surface area contributed by atoms with Crippen molar-refractivity contribution in [3.8, 4) is 5.75 Å². The standard InChI is InChI=1S/C20H23N3O2/c24-20(16-12-15-4-1-2-6-19(15)25-14-16)23-10-7-17(8-11-23)22-18-5-3-9-21-13-18/h1-6,9,13,16-17,22H,7-8,10-12,14H2/t16-/m0/s1. The minimum absolute atomic E-state index is 0.0577. The van der Waals surface area contributed by atoms with E-state index in [1.165, 1.54) is 0 Å². The van der Waals surface area contributed by atoms with Crippen LogP contribution in [0.4, 0.5) is 5.69 Å². The van der Waals surface area contributed by atoms with E-state index < -0.39 is 0 Å². The van der Waals surface area contributed by atoms with E-state index in [0.29, 0.717) is 12.6 Å². The van der Waals surface area contributed by atoms with E-state index in [-0.39, 0.29) is 11.8 Å². The number of carbonyl (C=O) groups excluding carboxylic acids is 1. The number of nitrogens with one attached hydrogen (secondary N) is 1. The molecule has 1 atom stereocenters. The molecule has 1 fully saturated rings. The first kappa shape index (κ1) is 15.9. The molecule has 0 saturated carbocycles. The Labute approximate surface area is 148 Å². The fourth-order valence-electron chi connectivity index (χ4n) is 3.67. The van der Waals surface area contributed by atoms with Gasteiger partial charge in [0, 0.05) is 31.5 Å². The van der Waals surface area contributed by atoms with Crippen LogP contribution in [0.5, 0.6) is 5.75 Å². The topological polar surface area (TPSA) is 54.5 Å². The van der Waals surface area contributed by atoms with Crippen LogP contribution in [-0.2, 0) is 11.2 Å². The van der Waals surface area contributed by atoms with Crippen LogP contribution < -0.4 is 10.1 Å². The zero-order chi connectivity index (χ0) is 17.1. The van der Waals surface area contributed by atoms with E-state index in [4.69, 9.17) is 4.74 Å². The van der Waals surface area contributed by atoms with Crippen LogP contribution in [0.1, 0.15) is 18.4 Å². The van der Waals surface area contributed by atoms with Crippen molar-refractivity contribution in [2.45, 2.75) is 25.3 Å². The van der Waals surface area contributed by atoms with Crippen molar-refractivity contribution in [1.29, 1.82) is 0 Å². The van der Waals surface area contributed by atoms with Gasteiger partial charge in [-0.2, -0.15) is 0 Å². The van der Waals surface area contributed by atoms with E-state index in [9.17, 15) is 4.79 Å². The van der Waals surface area contributed by atoms with Crippen molar-refractivity contribution in [3.05, 3.63) is 54.4 Å². The fraction of sp³-hybridized carbons (Fsp3) is 0.400. The van der Waals surface area contributed by atoms with Crippen LogP contribution in [0.3, 0.4) is 0 Å². The van der Waals surface area contributed by atoms with E-state index in [1.807, 2.05) is 41.4 Å². The monoisotopic (exact) mass is 337 g/mol. The molecule has 1 amide bonds. The Morgan fingerprint density at radius 1 is 1.16 bits per heavy atom. The minimum Gasteiger partial charge on any atom is -0.492 e. The number of benzene rings is 1. The molecule has 0 radical (unpaired) electrons. The number of carbonyl (C=O) groups is 1. The number of piperidine rings is 1. The fourth-order valence-corrected chi connectivity index (χ4v) is 3.67. The maximum Gasteiger partial charge on any atom is 0.229 e. The Morgan fingerprint density at radius 2 is 2.00 bits per heavy atom. The molecule has 25 heavy (non-hydrogen) atoms. The van der Waals surface area contributed by atoms with E-state index >= 15 is 0 Å². The average Bonchev–Trinajstić information content (AvgIpc) is 2.68. The number of para-hydroxylation sites is 1. The number of hydrogen-bond acceptors (Lipinski definition) is 4. The summed E-state index contributed by atoms with van der Waals surface area (Å²) in [5, 5.41) is 3.51. The first-order chi connectivity index (χ1) is 12.3. The first-order valence-corrected chi connectivity index (χ1v) is 8.95. The second-order valence-corrected chi connectivity index (χ2v) is 6.81. The normalized spacial score (nSPS) is 20.5. The summed E-state index contributed by atoms with van der Waals surface area (Å²) in [6, 6.07) is 12.4. The molecule has 5 nitrogen and oxygen atoms in total. The molecule has 1 aromatic carbocycles. The molecule has 0 aliphatic carbocycles. The lowest BCUT2D eigenvalue weighted by atomic mass is 9.94. The molecule has 0 bridgehead atoms. The number of anilines is 1. The number of pyridine rings is 1. The summed E-state index contributed by atoms with van der Waals surface area (Å²) < 4.78 is 5.78. The number of fused-ring (bicyclic) bond motifs is 1. The number of likely N-dealkylation sites (tertiary alicyclic amines) is 1. The molecule has 1 saturated heterocycles. The van der Waals surface area contributed by atoms with Crippen LogP contribution in [0.2, 0.25) is 0 Å². The van der Waals surface area contributed by atoms with Gasteiger partial charge in [0.05, 0.1) is 11.6 Å². The Balaban J connectivity index is 1.31. The SMILES string of the molecule is O=C([C@@H]1COc2ccccc2C1)N1CCC(Nc2cccnc2)CC1. The van der Waals surface area contributed by atoms with Gasteiger partial charge in [-0.15, -0.1) is 0 Å². The van der Waals surface area contributed by atoms with Crippen molar-refractivity contribution >= 4 is 11.6 Å². The first-order valence-electron chi connectivity index (χ1n) is 8.95. The molecule has 0 spiro atoms. The second-order valence-electron chi connectivity index (χ2n) is 6.81. The smallest absolute Gasteiger partial charge is 0.229 e. The van der Waals surface area contributed by atoms with E-state index in [2.05, 4.69) is 16.4 Å². The van der Waals surface area contributed by atoms with Crippen molar-refractivity contribution in [2.75, 3.05) is 25.0 Å². The van der Waals surface area contributed by atoms with Crippen molar-refractivity contribution in [1.82, 2.24) is 9.88 Å². The average molecular weight is 337 g/mol. The Morgan fingerprint density at radius 3 is 2.80 bits per heavy atom. The van der Waals surface area contributed by atoms with Gasteiger partial charge >= 0.3 is 0 Å². The number of hydrogen-bond donors (Lipinski definition) is 1. The highest BCUT2D eigenvalue weighted by Gasteiger charge is 2.31. The lowest BCUT2D eigenvalue weighted by Gasteiger charge is -2.36. The van der Waals surface area contributed by atoms with Gasteiger partial charge in [-0.1, -0.05) is 18.2 Å². The molecule has 2 aromatic rings. The van der Waals surface area contributed by atoms with Gasteiger partial charge in [0.15, 0.2) is 0 Å². The third-order valence-electron chi connectivity index (χ3n) is 5.07. The van der Waals surface area contributed by atoms with E-state index in [1.54, 1.807) is 6.20 Å². The molecular weight excluding hydrogens is 314 g/mol. The van der Waals surface area contributed by atoms with Gasteiger partial charge in [0.2, 0.25) is 5.91 Å². The number of ether oxygens (including phenoxy) is 1. The van der Waals surface area contributed by atoms with E-state index in [0.717, 1.165) is 49.4 Å². The van der Waals surface area contributed by atoms with Gasteiger partial charge in [-0.05, 0) is 43.0 Å². The Hall–Kier alpha value is -2.56. The van der Waals surface area contributed by atoms with Crippen LogP contribution in [0.25, 0.3) is 0 Å². The lowest BCUT2D eigenvalue weighted by Crippen LogP contribution is -2.47. The highest BCUT2D eigenvalue weighted by Crippen LogP contribution is 2.28. The highest BCUT2D eigenvalue weighted by molar-refractivity contribution is 5.80. The summed E-state index contributed by atoms with van der Waals surface area (Å²) in [6.45, 7) is 2.09. The van der Waals surface area contributed by atoms with Gasteiger partial charge in [-0.3, -0.25) is 9.78 Å². The van der Waals surface area contributed by atoms with Crippen LogP contribution in [-0.4, -0.2) is 41.5 Å². The largest absolute Gasteiger partial charge is 0.492 e. The van der Waals surface area contributed by atoms with Gasteiger partial charge < -0.3 is 15.0 Å². The molecule has 2 aliphatic heterocycles. The van der Waals surface area contributed by atoms with Crippen molar-refractivity contribution in [2.24, 2.45) is 5.92 Å². The highest BCUT2D eigenvalue weighted by atomic mass is 16.5. The van der Waals surface area contributed by atoms with Crippen molar-refractivity contribution in [3.63, 3.8) is 0 Å². The lowest BCUT2D eigenvalue weighted by molar-refractivity contribution is -0.137. The third-order valence-corrected chi connectivity index (χ3v) is 5.07. The molecule has 2 aliphatic rings. The zero-order valence-electron chi connectivity index (χ0n) is 14.2. The summed E-state index contributed by atoms with van der Waals surface area (Å²) in [5.41, 5.74) is 2.18. The number of aromatic nitrogens is 1. The quantitative estimate of drug-likeness (QED) is 0.936. The van der Waals surface area contributed by atoms with Gasteiger partial charge in [-0.25, -0.2) is 0 Å². The summed E-state index contributed by atoms with van der Waals surface area (Å²) in [6.07, 6.45) is 6.32. The van der Waals surface area contributed by atoms with Crippen molar-refractivity contribution < 1.29 is 9.53 Å². The van der Waals surface area contributed by atoms with Gasteiger partial charge in [0.25, 0.3) is 0 Å². The molecular formula is C20H23N3O2. The Kier molecular flexibility index (Phi) is 4.55. The summed E-state index contributed by atoms with van der Waals surface area (Å²) in [5.74, 6) is 1.10. The summed E-state index contributed by atoms with van der Waals surface area (Å²) in [7, 11) is 0. The zero-order valence-corrected chi connectivity index (χ0v) is 14.2. The number of nitrogens with zero attached hydrogens (tertiary/aromatic N) is 2. The molecule has 1 N–H and O–H groups in total. The van der Waals surface area contributed by atoms with Crippen LogP contribution in [0, 0.1) is 5.92 Å². The second kappa shape index (κ2) is 7.13. The minimum atomic E-state index is -0.0577. The van der Waals surface area contributed by atoms with Crippen LogP contribution >= 0.6 is 0 Å².